The summed E-state index contributed by atoms with van der Waals surface area (Å²) in [5, 5.41) is 4.47. The molecule has 4 rings (SSSR count). The Morgan fingerprint density at radius 1 is 1.00 bits per heavy atom. The smallest absolute Gasteiger partial charge is 0.293 e. The van der Waals surface area contributed by atoms with Gasteiger partial charge >= 0.3 is 0 Å². The predicted molar refractivity (Wildman–Crippen MR) is 111 cm³/mol. The van der Waals surface area contributed by atoms with Crippen molar-refractivity contribution in [2.75, 3.05) is 39.9 Å². The van der Waals surface area contributed by atoms with E-state index in [1.165, 1.54) is 4.90 Å². The van der Waals surface area contributed by atoms with Gasteiger partial charge in [0.15, 0.2) is 5.82 Å². The standard InChI is InChI=1S/C22H23N5O3/c1-25(16-19(28)26-12-14-30-15-13-26)22(29)20-23-21(17-8-4-2-5-9-17)27(24-20)18-10-6-3-7-11-18/h2-11H,12-16H2,1H3. The van der Waals surface area contributed by atoms with E-state index in [1.54, 1.807) is 16.6 Å². The number of rotatable bonds is 5. The molecule has 0 N–H and O–H groups in total. The molecule has 0 bridgehead atoms. The molecule has 1 aliphatic rings. The average Bonchev–Trinajstić information content (AvgIpc) is 3.26. The van der Waals surface area contributed by atoms with Crippen LogP contribution in [0.25, 0.3) is 17.1 Å². The first-order valence-electron chi connectivity index (χ1n) is 9.82. The van der Waals surface area contributed by atoms with E-state index in [2.05, 4.69) is 10.1 Å². The van der Waals surface area contributed by atoms with E-state index in [0.717, 1.165) is 11.3 Å². The Balaban J connectivity index is 1.60. The molecule has 0 radical (unpaired) electrons. The molecule has 30 heavy (non-hydrogen) atoms. The average molecular weight is 405 g/mol. The van der Waals surface area contributed by atoms with Crippen LogP contribution in [0.3, 0.4) is 0 Å². The Bertz CT molecular complexity index is 957. The third kappa shape index (κ3) is 4.23. The van der Waals surface area contributed by atoms with Crippen LogP contribution in [0.4, 0.5) is 0 Å². The van der Waals surface area contributed by atoms with Gasteiger partial charge in [0.1, 0.15) is 0 Å². The van der Waals surface area contributed by atoms with Crippen LogP contribution in [0.5, 0.6) is 0 Å². The van der Waals surface area contributed by atoms with E-state index < -0.39 is 5.91 Å². The summed E-state index contributed by atoms with van der Waals surface area (Å²) in [7, 11) is 1.59. The fourth-order valence-electron chi connectivity index (χ4n) is 3.28. The predicted octanol–water partition coefficient (Wildman–Crippen LogP) is 1.87. The number of hydrogen-bond donors (Lipinski definition) is 0. The van der Waals surface area contributed by atoms with Crippen LogP contribution < -0.4 is 0 Å². The van der Waals surface area contributed by atoms with Crippen molar-refractivity contribution in [3.8, 4) is 17.1 Å². The van der Waals surface area contributed by atoms with Crippen molar-refractivity contribution in [3.63, 3.8) is 0 Å². The number of nitrogens with zero attached hydrogens (tertiary/aromatic N) is 5. The molecule has 0 saturated carbocycles. The molecule has 154 valence electrons. The van der Waals surface area contributed by atoms with Crippen molar-refractivity contribution in [2.45, 2.75) is 0 Å². The molecule has 0 unspecified atom stereocenters. The summed E-state index contributed by atoms with van der Waals surface area (Å²) in [6, 6.07) is 19.1. The minimum absolute atomic E-state index is 0.0284. The summed E-state index contributed by atoms with van der Waals surface area (Å²) in [6.07, 6.45) is 0. The first kappa shape index (κ1) is 19.8. The molecule has 2 heterocycles. The van der Waals surface area contributed by atoms with Gasteiger partial charge in [0, 0.05) is 25.7 Å². The number of likely N-dealkylation sites (N-methyl/N-ethyl adjacent to an activating group) is 1. The summed E-state index contributed by atoms with van der Waals surface area (Å²) < 4.78 is 6.93. The van der Waals surface area contributed by atoms with Gasteiger partial charge in [-0.1, -0.05) is 48.5 Å². The lowest BCUT2D eigenvalue weighted by molar-refractivity contribution is -0.135. The highest BCUT2D eigenvalue weighted by Crippen LogP contribution is 2.21. The van der Waals surface area contributed by atoms with Crippen LogP contribution in [0, 0.1) is 0 Å². The Labute approximate surface area is 174 Å². The molecule has 8 heteroatoms. The largest absolute Gasteiger partial charge is 0.378 e. The lowest BCUT2D eigenvalue weighted by atomic mass is 10.2. The third-order valence-electron chi connectivity index (χ3n) is 4.91. The summed E-state index contributed by atoms with van der Waals surface area (Å²) in [6.45, 7) is 2.10. The highest BCUT2D eigenvalue weighted by atomic mass is 16.5. The van der Waals surface area contributed by atoms with Gasteiger partial charge in [-0.2, -0.15) is 0 Å². The lowest BCUT2D eigenvalue weighted by Crippen LogP contribution is -2.46. The number of aromatic nitrogens is 3. The zero-order valence-corrected chi connectivity index (χ0v) is 16.8. The topological polar surface area (TPSA) is 80.6 Å². The molecule has 1 fully saturated rings. The second-order valence-electron chi connectivity index (χ2n) is 7.03. The monoisotopic (exact) mass is 405 g/mol. The highest BCUT2D eigenvalue weighted by Gasteiger charge is 2.25. The van der Waals surface area contributed by atoms with Gasteiger partial charge in [0.2, 0.25) is 11.7 Å². The van der Waals surface area contributed by atoms with E-state index in [9.17, 15) is 9.59 Å². The third-order valence-corrected chi connectivity index (χ3v) is 4.91. The molecule has 8 nitrogen and oxygen atoms in total. The zero-order valence-electron chi connectivity index (χ0n) is 16.8. The number of carbonyl (C=O) groups is 2. The van der Waals surface area contributed by atoms with Gasteiger partial charge in [-0.05, 0) is 12.1 Å². The molecule has 2 amide bonds. The Morgan fingerprint density at radius 2 is 1.63 bits per heavy atom. The second-order valence-corrected chi connectivity index (χ2v) is 7.03. The van der Waals surface area contributed by atoms with Crippen LogP contribution in [0.1, 0.15) is 10.6 Å². The van der Waals surface area contributed by atoms with Crippen LogP contribution in [-0.2, 0) is 9.53 Å². The summed E-state index contributed by atoms with van der Waals surface area (Å²) >= 11 is 0. The molecule has 1 aromatic heterocycles. The number of carbonyl (C=O) groups excluding carboxylic acids is 2. The van der Waals surface area contributed by atoms with Crippen LogP contribution in [-0.4, -0.2) is 76.3 Å². The molecule has 0 aliphatic carbocycles. The Morgan fingerprint density at radius 3 is 2.30 bits per heavy atom. The molecule has 1 saturated heterocycles. The van der Waals surface area contributed by atoms with E-state index in [1.807, 2.05) is 60.7 Å². The number of para-hydroxylation sites is 1. The van der Waals surface area contributed by atoms with Gasteiger partial charge in [0.05, 0.1) is 25.4 Å². The minimum atomic E-state index is -0.400. The van der Waals surface area contributed by atoms with E-state index in [0.29, 0.717) is 32.1 Å². The van der Waals surface area contributed by atoms with Crippen molar-refractivity contribution in [1.82, 2.24) is 24.6 Å². The molecular weight excluding hydrogens is 382 g/mol. The van der Waals surface area contributed by atoms with Crippen molar-refractivity contribution in [1.29, 1.82) is 0 Å². The van der Waals surface area contributed by atoms with Crippen molar-refractivity contribution < 1.29 is 14.3 Å². The fraction of sp³-hybridized carbons (Fsp3) is 0.273. The summed E-state index contributed by atoms with van der Waals surface area (Å²) in [4.78, 5) is 33.1. The first-order valence-corrected chi connectivity index (χ1v) is 9.82. The maximum Gasteiger partial charge on any atom is 0.293 e. The molecule has 1 aliphatic heterocycles. The lowest BCUT2D eigenvalue weighted by Gasteiger charge is -2.28. The normalized spacial score (nSPS) is 13.8. The van der Waals surface area contributed by atoms with Gasteiger partial charge in [-0.15, -0.1) is 5.10 Å². The molecule has 0 spiro atoms. The summed E-state index contributed by atoms with van der Waals surface area (Å²) in [5.74, 6) is 0.108. The molecule has 2 aromatic carbocycles. The summed E-state index contributed by atoms with van der Waals surface area (Å²) in [5.41, 5.74) is 1.65. The van der Waals surface area contributed by atoms with Crippen molar-refractivity contribution >= 4 is 11.8 Å². The maximum absolute atomic E-state index is 13.0. The maximum atomic E-state index is 13.0. The van der Waals surface area contributed by atoms with E-state index in [4.69, 9.17) is 4.74 Å². The van der Waals surface area contributed by atoms with E-state index in [-0.39, 0.29) is 18.3 Å². The highest BCUT2D eigenvalue weighted by molar-refractivity contribution is 5.93. The van der Waals surface area contributed by atoms with Gasteiger partial charge in [-0.3, -0.25) is 9.59 Å². The zero-order chi connectivity index (χ0) is 20.9. The Kier molecular flexibility index (Phi) is 5.85. The van der Waals surface area contributed by atoms with Gasteiger partial charge in [0.25, 0.3) is 5.91 Å². The van der Waals surface area contributed by atoms with Crippen molar-refractivity contribution in [3.05, 3.63) is 66.5 Å². The number of hydrogen-bond acceptors (Lipinski definition) is 5. The number of morpholine rings is 1. The van der Waals surface area contributed by atoms with Crippen molar-refractivity contribution in [2.24, 2.45) is 0 Å². The SMILES string of the molecule is CN(CC(=O)N1CCOCC1)C(=O)c1nc(-c2ccccc2)n(-c2ccccc2)n1. The van der Waals surface area contributed by atoms with Crippen LogP contribution >= 0.6 is 0 Å². The molecular formula is C22H23N5O3. The van der Waals surface area contributed by atoms with Crippen LogP contribution in [0.2, 0.25) is 0 Å². The number of ether oxygens (including phenoxy) is 1. The molecule has 3 aromatic rings. The van der Waals surface area contributed by atoms with Gasteiger partial charge < -0.3 is 14.5 Å². The van der Waals surface area contributed by atoms with Gasteiger partial charge in [-0.25, -0.2) is 9.67 Å². The Hall–Kier alpha value is -3.52. The quantitative estimate of drug-likeness (QED) is 0.647. The first-order chi connectivity index (χ1) is 14.6. The number of benzene rings is 2. The molecule has 0 atom stereocenters. The van der Waals surface area contributed by atoms with E-state index >= 15 is 0 Å². The minimum Gasteiger partial charge on any atom is -0.378 e. The number of amides is 2. The van der Waals surface area contributed by atoms with Crippen LogP contribution in [0.15, 0.2) is 60.7 Å². The second kappa shape index (κ2) is 8.87. The fourth-order valence-corrected chi connectivity index (χ4v) is 3.28.